The van der Waals surface area contributed by atoms with Crippen LogP contribution in [0.4, 0.5) is 4.39 Å². The van der Waals surface area contributed by atoms with Crippen LogP contribution in [0.5, 0.6) is 5.88 Å². The van der Waals surface area contributed by atoms with Crippen LogP contribution in [0.2, 0.25) is 0 Å². The highest BCUT2D eigenvalue weighted by Gasteiger charge is 2.29. The summed E-state index contributed by atoms with van der Waals surface area (Å²) in [7, 11) is 0. The third-order valence-electron chi connectivity index (χ3n) is 3.24. The molecule has 19 heavy (non-hydrogen) atoms. The first-order valence-corrected chi connectivity index (χ1v) is 6.12. The number of nitrogens with zero attached hydrogens (tertiary/aromatic N) is 1. The van der Waals surface area contributed by atoms with Crippen molar-refractivity contribution in [1.29, 1.82) is 0 Å². The summed E-state index contributed by atoms with van der Waals surface area (Å²) in [4.78, 5) is 17.6. The number of aromatic amines is 1. The van der Waals surface area contributed by atoms with Crippen LogP contribution in [0, 0.1) is 11.7 Å². The zero-order valence-electron chi connectivity index (χ0n) is 10.6. The number of H-pyrrole nitrogens is 1. The first-order chi connectivity index (χ1) is 9.06. The van der Waals surface area contributed by atoms with Gasteiger partial charge in [-0.25, -0.2) is 14.2 Å². The van der Waals surface area contributed by atoms with E-state index in [2.05, 4.69) is 9.97 Å². The highest BCUT2D eigenvalue weighted by atomic mass is 19.1. The summed E-state index contributed by atoms with van der Waals surface area (Å²) in [5, 5.41) is 0. The highest BCUT2D eigenvalue weighted by Crippen LogP contribution is 2.42. The molecular weight excluding hydrogens is 247 g/mol. The van der Waals surface area contributed by atoms with Crippen molar-refractivity contribution >= 4 is 0 Å². The van der Waals surface area contributed by atoms with E-state index in [0.717, 1.165) is 11.1 Å². The van der Waals surface area contributed by atoms with Crippen molar-refractivity contribution in [2.24, 2.45) is 5.92 Å². The van der Waals surface area contributed by atoms with Gasteiger partial charge in [-0.2, -0.15) is 0 Å². The third kappa shape index (κ3) is 1.91. The molecular formula is C14H13FN2O2. The fraction of sp³-hybridized carbons (Fsp3) is 0.286. The molecule has 0 saturated carbocycles. The van der Waals surface area contributed by atoms with Gasteiger partial charge in [0, 0.05) is 11.8 Å². The summed E-state index contributed by atoms with van der Waals surface area (Å²) in [5.74, 6) is 0.261. The lowest BCUT2D eigenvalue weighted by Crippen LogP contribution is -2.23. The fourth-order valence-corrected chi connectivity index (χ4v) is 2.36. The Morgan fingerprint density at radius 3 is 2.89 bits per heavy atom. The van der Waals surface area contributed by atoms with Gasteiger partial charge in [-0.1, -0.05) is 19.9 Å². The number of halogens is 1. The van der Waals surface area contributed by atoms with E-state index in [4.69, 9.17) is 4.74 Å². The first kappa shape index (κ1) is 11.9. The van der Waals surface area contributed by atoms with Crippen LogP contribution in [0.25, 0.3) is 11.1 Å². The summed E-state index contributed by atoms with van der Waals surface area (Å²) in [6.07, 6.45) is 1.18. The van der Waals surface area contributed by atoms with E-state index in [0.29, 0.717) is 11.4 Å². The van der Waals surface area contributed by atoms with Crippen molar-refractivity contribution in [1.82, 2.24) is 9.97 Å². The molecule has 0 radical (unpaired) electrons. The molecule has 1 aliphatic heterocycles. The van der Waals surface area contributed by atoms with Crippen molar-refractivity contribution in [2.45, 2.75) is 20.0 Å². The monoisotopic (exact) mass is 260 g/mol. The molecule has 98 valence electrons. The molecule has 3 rings (SSSR count). The Bertz CT molecular complexity index is 694. The van der Waals surface area contributed by atoms with E-state index in [1.807, 2.05) is 13.8 Å². The molecule has 0 aliphatic carbocycles. The molecule has 1 N–H and O–H groups in total. The van der Waals surface area contributed by atoms with Crippen molar-refractivity contribution in [3.8, 4) is 17.0 Å². The number of hydrogen-bond acceptors (Lipinski definition) is 3. The zero-order valence-corrected chi connectivity index (χ0v) is 10.6. The van der Waals surface area contributed by atoms with Gasteiger partial charge in [0.15, 0.2) is 0 Å². The minimum Gasteiger partial charge on any atom is -0.470 e. The second-order valence-corrected chi connectivity index (χ2v) is 4.95. The van der Waals surface area contributed by atoms with Gasteiger partial charge in [0.25, 0.3) is 0 Å². The standard InChI is InChI=1S/C14H13FN2O2/c1-7(2)12-10-5-8(15)3-4-9(10)11-6-16-14(18)17-13(11)19-12/h3-7,12H,1-2H3,(H,16,17,18)/t12-/m1/s1. The summed E-state index contributed by atoms with van der Waals surface area (Å²) in [6.45, 7) is 3.98. The van der Waals surface area contributed by atoms with Crippen LogP contribution >= 0.6 is 0 Å². The number of nitrogens with one attached hydrogen (secondary N) is 1. The van der Waals surface area contributed by atoms with Gasteiger partial charge in [-0.05, 0) is 23.6 Å². The van der Waals surface area contributed by atoms with E-state index in [1.54, 1.807) is 6.07 Å². The van der Waals surface area contributed by atoms with Crippen LogP contribution in [0.1, 0.15) is 25.5 Å². The van der Waals surface area contributed by atoms with Gasteiger partial charge in [0.2, 0.25) is 5.88 Å². The number of ether oxygens (including phenoxy) is 1. The molecule has 2 heterocycles. The molecule has 4 nitrogen and oxygen atoms in total. The van der Waals surface area contributed by atoms with Crippen LogP contribution < -0.4 is 10.4 Å². The maximum absolute atomic E-state index is 13.4. The number of hydrogen-bond donors (Lipinski definition) is 1. The van der Waals surface area contributed by atoms with Crippen molar-refractivity contribution < 1.29 is 9.13 Å². The van der Waals surface area contributed by atoms with E-state index < -0.39 is 5.69 Å². The summed E-state index contributed by atoms with van der Waals surface area (Å²) in [6, 6.07) is 4.58. The minimum atomic E-state index is -0.452. The SMILES string of the molecule is CC(C)[C@H]1Oc2[nH]c(=O)ncc2-c2ccc(F)cc21. The Morgan fingerprint density at radius 2 is 2.16 bits per heavy atom. The van der Waals surface area contributed by atoms with E-state index in [-0.39, 0.29) is 17.8 Å². The molecule has 0 bridgehead atoms. The van der Waals surface area contributed by atoms with Crippen LogP contribution in [0.3, 0.4) is 0 Å². The lowest BCUT2D eigenvalue weighted by molar-refractivity contribution is 0.142. The molecule has 0 saturated heterocycles. The Hall–Kier alpha value is -2.17. The maximum atomic E-state index is 13.4. The van der Waals surface area contributed by atoms with Crippen molar-refractivity contribution in [3.05, 3.63) is 46.3 Å². The quantitative estimate of drug-likeness (QED) is 0.857. The highest BCUT2D eigenvalue weighted by molar-refractivity contribution is 5.73. The molecule has 0 amide bonds. The van der Waals surface area contributed by atoms with Gasteiger partial charge in [0.1, 0.15) is 11.9 Å². The molecule has 0 spiro atoms. The predicted octanol–water partition coefficient (Wildman–Crippen LogP) is 2.67. The minimum absolute atomic E-state index is 0.158. The second-order valence-electron chi connectivity index (χ2n) is 4.95. The lowest BCUT2D eigenvalue weighted by atomic mass is 9.90. The third-order valence-corrected chi connectivity index (χ3v) is 3.24. The largest absolute Gasteiger partial charge is 0.470 e. The van der Waals surface area contributed by atoms with Gasteiger partial charge >= 0.3 is 5.69 Å². The van der Waals surface area contributed by atoms with Crippen LogP contribution in [0.15, 0.2) is 29.2 Å². The van der Waals surface area contributed by atoms with E-state index in [1.165, 1.54) is 18.3 Å². The van der Waals surface area contributed by atoms with Crippen LogP contribution in [-0.4, -0.2) is 9.97 Å². The maximum Gasteiger partial charge on any atom is 0.347 e. The average molecular weight is 260 g/mol. The molecule has 1 aromatic heterocycles. The Kier molecular flexibility index (Phi) is 2.62. The zero-order chi connectivity index (χ0) is 13.6. The molecule has 1 aromatic carbocycles. The van der Waals surface area contributed by atoms with E-state index in [9.17, 15) is 9.18 Å². The number of benzene rings is 1. The molecule has 0 fully saturated rings. The second kappa shape index (κ2) is 4.19. The number of aromatic nitrogens is 2. The van der Waals surface area contributed by atoms with Gasteiger partial charge < -0.3 is 4.74 Å². The predicted molar refractivity (Wildman–Crippen MR) is 68.5 cm³/mol. The molecule has 0 unspecified atom stereocenters. The molecule has 1 atom stereocenters. The molecule has 1 aliphatic rings. The molecule has 5 heteroatoms. The number of fused-ring (bicyclic) bond motifs is 3. The first-order valence-electron chi connectivity index (χ1n) is 6.12. The van der Waals surface area contributed by atoms with Gasteiger partial charge in [-0.15, -0.1) is 0 Å². The van der Waals surface area contributed by atoms with Gasteiger partial charge in [0.05, 0.1) is 5.56 Å². The average Bonchev–Trinajstić information content (AvgIpc) is 2.37. The lowest BCUT2D eigenvalue weighted by Gasteiger charge is -2.30. The Labute approximate surface area is 109 Å². The summed E-state index contributed by atoms with van der Waals surface area (Å²) < 4.78 is 19.2. The smallest absolute Gasteiger partial charge is 0.347 e. The number of rotatable bonds is 1. The van der Waals surface area contributed by atoms with E-state index >= 15 is 0 Å². The molecule has 2 aromatic rings. The Morgan fingerprint density at radius 1 is 1.37 bits per heavy atom. The van der Waals surface area contributed by atoms with Crippen molar-refractivity contribution in [3.63, 3.8) is 0 Å². The normalized spacial score (nSPS) is 16.7. The van der Waals surface area contributed by atoms with Crippen molar-refractivity contribution in [2.75, 3.05) is 0 Å². The Balaban J connectivity index is 2.27. The van der Waals surface area contributed by atoms with Gasteiger partial charge in [-0.3, -0.25) is 4.98 Å². The fourth-order valence-electron chi connectivity index (χ4n) is 2.36. The van der Waals surface area contributed by atoms with Crippen LogP contribution in [-0.2, 0) is 0 Å². The summed E-state index contributed by atoms with van der Waals surface area (Å²) >= 11 is 0. The summed E-state index contributed by atoms with van der Waals surface area (Å²) in [5.41, 5.74) is 1.87. The topological polar surface area (TPSA) is 55.0 Å².